The Kier molecular flexibility index (Phi) is 3.36. The van der Waals surface area contributed by atoms with E-state index >= 15 is 0 Å². The third kappa shape index (κ3) is 2.30. The van der Waals surface area contributed by atoms with Gasteiger partial charge in [-0.25, -0.2) is 0 Å². The molecule has 0 N–H and O–H groups in total. The molecule has 0 aliphatic carbocycles. The van der Waals surface area contributed by atoms with Gasteiger partial charge in [0.25, 0.3) is 0 Å². The normalized spacial score (nSPS) is 11.4. The van der Waals surface area contributed by atoms with Crippen LogP contribution in [0.1, 0.15) is 11.1 Å². The monoisotopic (exact) mass is 303 g/mol. The van der Waals surface area contributed by atoms with Crippen molar-refractivity contribution < 1.29 is 9.15 Å². The Bertz CT molecular complexity index is 984. The summed E-state index contributed by atoms with van der Waals surface area (Å²) in [7, 11) is 1.70. The fourth-order valence-electron chi connectivity index (χ4n) is 3.00. The van der Waals surface area contributed by atoms with Crippen molar-refractivity contribution in [1.82, 2.24) is 4.98 Å². The van der Waals surface area contributed by atoms with Crippen molar-refractivity contribution in [2.24, 2.45) is 0 Å². The van der Waals surface area contributed by atoms with Gasteiger partial charge >= 0.3 is 0 Å². The first-order valence-corrected chi connectivity index (χ1v) is 7.63. The number of aromatic nitrogens is 1. The van der Waals surface area contributed by atoms with Crippen LogP contribution in [0.4, 0.5) is 0 Å². The zero-order chi connectivity index (χ0) is 15.8. The minimum atomic E-state index is 0.526. The van der Waals surface area contributed by atoms with E-state index in [1.165, 1.54) is 0 Å². The van der Waals surface area contributed by atoms with Gasteiger partial charge in [-0.05, 0) is 30.2 Å². The summed E-state index contributed by atoms with van der Waals surface area (Å²) in [6.07, 6.45) is 1.88. The van der Waals surface area contributed by atoms with Gasteiger partial charge in [0, 0.05) is 29.6 Å². The molecule has 0 unspecified atom stereocenters. The van der Waals surface area contributed by atoms with Crippen LogP contribution in [0.15, 0.2) is 59.1 Å². The maximum Gasteiger partial charge on any atom is 0.145 e. The van der Waals surface area contributed by atoms with Gasteiger partial charge in [0.15, 0.2) is 0 Å². The molecule has 0 saturated carbocycles. The highest BCUT2D eigenvalue weighted by molar-refractivity contribution is 6.09. The molecule has 114 valence electrons. The maximum absolute atomic E-state index is 6.16. The van der Waals surface area contributed by atoms with Gasteiger partial charge in [-0.15, -0.1) is 0 Å². The van der Waals surface area contributed by atoms with Crippen molar-refractivity contribution >= 4 is 21.9 Å². The van der Waals surface area contributed by atoms with Crippen LogP contribution in [0.2, 0.25) is 0 Å². The number of ether oxygens (including phenoxy) is 1. The van der Waals surface area contributed by atoms with Crippen molar-refractivity contribution in [1.29, 1.82) is 0 Å². The smallest absolute Gasteiger partial charge is 0.145 e. The molecule has 2 aromatic heterocycles. The summed E-state index contributed by atoms with van der Waals surface area (Å²) < 4.78 is 11.5. The minimum Gasteiger partial charge on any atom is -0.455 e. The lowest BCUT2D eigenvalue weighted by molar-refractivity contribution is 0.185. The molecule has 3 heteroatoms. The van der Waals surface area contributed by atoms with E-state index in [1.807, 2.05) is 37.4 Å². The van der Waals surface area contributed by atoms with E-state index in [2.05, 4.69) is 29.2 Å². The molecule has 3 nitrogen and oxygen atoms in total. The molecule has 0 aliphatic heterocycles. The Hall–Kier alpha value is -2.65. The number of fused-ring (bicyclic) bond motifs is 3. The average molecular weight is 303 g/mol. The van der Waals surface area contributed by atoms with Crippen LogP contribution in [0.5, 0.6) is 0 Å². The SMILES string of the molecule is COCc1ccc2c(oc3ccccc32)c1-c1ccc(C)cn1. The van der Waals surface area contributed by atoms with E-state index in [1.54, 1.807) is 7.11 Å². The number of hydrogen-bond acceptors (Lipinski definition) is 3. The summed E-state index contributed by atoms with van der Waals surface area (Å²) in [4.78, 5) is 4.60. The van der Waals surface area contributed by atoms with Crippen LogP contribution >= 0.6 is 0 Å². The number of hydrogen-bond donors (Lipinski definition) is 0. The lowest BCUT2D eigenvalue weighted by atomic mass is 10.00. The molecule has 2 heterocycles. The second-order valence-corrected chi connectivity index (χ2v) is 5.73. The van der Waals surface area contributed by atoms with E-state index < -0.39 is 0 Å². The average Bonchev–Trinajstić information content (AvgIpc) is 2.95. The number of benzene rings is 2. The molecular formula is C20H17NO2. The van der Waals surface area contributed by atoms with Crippen LogP contribution in [0.25, 0.3) is 33.2 Å². The van der Waals surface area contributed by atoms with Gasteiger partial charge in [0.05, 0.1) is 12.3 Å². The molecule has 23 heavy (non-hydrogen) atoms. The van der Waals surface area contributed by atoms with E-state index in [9.17, 15) is 0 Å². The number of nitrogens with zero attached hydrogens (tertiary/aromatic N) is 1. The molecule has 0 spiro atoms. The van der Waals surface area contributed by atoms with Crippen molar-refractivity contribution in [3.63, 3.8) is 0 Å². The highest BCUT2D eigenvalue weighted by Gasteiger charge is 2.16. The van der Waals surface area contributed by atoms with E-state index in [0.29, 0.717) is 6.61 Å². The number of aryl methyl sites for hydroxylation is 1. The molecule has 4 aromatic rings. The van der Waals surface area contributed by atoms with Crippen molar-refractivity contribution in [2.45, 2.75) is 13.5 Å². The van der Waals surface area contributed by atoms with E-state index in [-0.39, 0.29) is 0 Å². The molecule has 0 atom stereocenters. The highest BCUT2D eigenvalue weighted by Crippen LogP contribution is 2.37. The van der Waals surface area contributed by atoms with Crippen molar-refractivity contribution in [2.75, 3.05) is 7.11 Å². The molecule has 4 rings (SSSR count). The Labute approximate surface area is 134 Å². The van der Waals surface area contributed by atoms with Gasteiger partial charge < -0.3 is 9.15 Å². The fourth-order valence-corrected chi connectivity index (χ4v) is 3.00. The predicted octanol–water partition coefficient (Wildman–Crippen LogP) is 5.10. The first-order valence-electron chi connectivity index (χ1n) is 7.63. The third-order valence-electron chi connectivity index (χ3n) is 4.10. The number of rotatable bonds is 3. The summed E-state index contributed by atoms with van der Waals surface area (Å²) in [5.74, 6) is 0. The lowest BCUT2D eigenvalue weighted by Crippen LogP contribution is -1.94. The molecule has 0 aliphatic rings. The Morgan fingerprint density at radius 1 is 1.00 bits per heavy atom. The third-order valence-corrected chi connectivity index (χ3v) is 4.10. The van der Waals surface area contributed by atoms with Crippen LogP contribution in [0.3, 0.4) is 0 Å². The van der Waals surface area contributed by atoms with Gasteiger partial charge in [-0.3, -0.25) is 4.98 Å². The summed E-state index contributed by atoms with van der Waals surface area (Å²) in [5.41, 5.74) is 5.91. The topological polar surface area (TPSA) is 35.3 Å². The molecule has 2 aromatic carbocycles. The van der Waals surface area contributed by atoms with Crippen LogP contribution in [-0.2, 0) is 11.3 Å². The highest BCUT2D eigenvalue weighted by atomic mass is 16.5. The van der Waals surface area contributed by atoms with Crippen LogP contribution in [0, 0.1) is 6.92 Å². The van der Waals surface area contributed by atoms with E-state index in [4.69, 9.17) is 9.15 Å². The second-order valence-electron chi connectivity index (χ2n) is 5.73. The first kappa shape index (κ1) is 14.0. The van der Waals surface area contributed by atoms with Crippen LogP contribution in [-0.4, -0.2) is 12.1 Å². The van der Waals surface area contributed by atoms with Crippen molar-refractivity contribution in [3.05, 3.63) is 65.9 Å². The summed E-state index contributed by atoms with van der Waals surface area (Å²) in [6.45, 7) is 2.56. The lowest BCUT2D eigenvalue weighted by Gasteiger charge is -2.09. The zero-order valence-electron chi connectivity index (χ0n) is 13.2. The molecule has 0 saturated heterocycles. The van der Waals surface area contributed by atoms with Gasteiger partial charge in [-0.2, -0.15) is 0 Å². The van der Waals surface area contributed by atoms with E-state index in [0.717, 1.165) is 44.3 Å². The minimum absolute atomic E-state index is 0.526. The summed E-state index contributed by atoms with van der Waals surface area (Å²) in [6, 6.07) is 16.4. The molecule has 0 fully saturated rings. The quantitative estimate of drug-likeness (QED) is 0.528. The summed E-state index contributed by atoms with van der Waals surface area (Å²) >= 11 is 0. The van der Waals surface area contributed by atoms with Crippen LogP contribution < -0.4 is 0 Å². The summed E-state index contributed by atoms with van der Waals surface area (Å²) in [5, 5.41) is 2.23. The Balaban J connectivity index is 2.08. The molecule has 0 bridgehead atoms. The Morgan fingerprint density at radius 2 is 1.87 bits per heavy atom. The molecule has 0 amide bonds. The maximum atomic E-state index is 6.16. The zero-order valence-corrected chi connectivity index (χ0v) is 13.2. The fraction of sp³-hybridized carbons (Fsp3) is 0.150. The predicted molar refractivity (Wildman–Crippen MR) is 92.4 cm³/mol. The van der Waals surface area contributed by atoms with Crippen molar-refractivity contribution in [3.8, 4) is 11.3 Å². The van der Waals surface area contributed by atoms with Gasteiger partial charge in [0.2, 0.25) is 0 Å². The first-order chi connectivity index (χ1) is 11.3. The standard InChI is InChI=1S/C20H17NO2/c1-13-7-10-17(21-11-13)19-14(12-22-2)8-9-16-15-5-3-4-6-18(15)23-20(16)19/h3-11H,12H2,1-2H3. The second kappa shape index (κ2) is 5.52. The number of methoxy groups -OCH3 is 1. The van der Waals surface area contributed by atoms with Gasteiger partial charge in [0.1, 0.15) is 11.2 Å². The number of furan rings is 1. The largest absolute Gasteiger partial charge is 0.455 e. The number of para-hydroxylation sites is 1. The molecular weight excluding hydrogens is 286 g/mol. The van der Waals surface area contributed by atoms with Gasteiger partial charge in [-0.1, -0.05) is 36.4 Å². The Morgan fingerprint density at radius 3 is 2.65 bits per heavy atom. The number of pyridine rings is 1. The molecule has 0 radical (unpaired) electrons.